The second-order valence-corrected chi connectivity index (χ2v) is 6.45. The van der Waals surface area contributed by atoms with Crippen molar-refractivity contribution < 1.29 is 17.5 Å². The summed E-state index contributed by atoms with van der Waals surface area (Å²) in [5.74, 6) is -0.663. The normalized spacial score (nSPS) is 10.8. The number of nitriles is 1. The zero-order valence-electron chi connectivity index (χ0n) is 11.5. The fraction of sp³-hybridized carbons (Fsp3) is 0.0714. The first-order valence-corrected chi connectivity index (χ1v) is 8.11. The van der Waals surface area contributed by atoms with E-state index in [0.29, 0.717) is 11.1 Å². The van der Waals surface area contributed by atoms with Crippen LogP contribution < -0.4 is 4.18 Å². The van der Waals surface area contributed by atoms with Crippen LogP contribution in [0.5, 0.6) is 5.75 Å². The van der Waals surface area contributed by atoms with Crippen LogP contribution in [0.2, 0.25) is 5.02 Å². The van der Waals surface area contributed by atoms with Gasteiger partial charge in [0.05, 0.1) is 21.6 Å². The van der Waals surface area contributed by atoms with Crippen LogP contribution >= 0.6 is 11.6 Å². The Kier molecular flexibility index (Phi) is 4.83. The molecule has 0 aliphatic rings. The number of nitrogens with zero attached hydrogens (tertiary/aromatic N) is 2. The quantitative estimate of drug-likeness (QED) is 0.464. The third-order valence-electron chi connectivity index (χ3n) is 2.74. The molecule has 7 nitrogen and oxygen atoms in total. The molecule has 0 spiro atoms. The van der Waals surface area contributed by atoms with Gasteiger partial charge in [-0.2, -0.15) is 13.7 Å². The average Bonchev–Trinajstić information content (AvgIpc) is 2.48. The molecule has 9 heteroatoms. The van der Waals surface area contributed by atoms with Gasteiger partial charge in [0.25, 0.3) is 5.69 Å². The predicted octanol–water partition coefficient (Wildman–Crippen LogP) is 3.03. The van der Waals surface area contributed by atoms with E-state index in [0.717, 1.165) is 18.2 Å². The minimum absolute atomic E-state index is 0.187. The van der Waals surface area contributed by atoms with Gasteiger partial charge in [-0.1, -0.05) is 23.7 Å². The first-order valence-electron chi connectivity index (χ1n) is 6.16. The van der Waals surface area contributed by atoms with E-state index >= 15 is 0 Å². The molecule has 0 N–H and O–H groups in total. The molecule has 0 radical (unpaired) electrons. The van der Waals surface area contributed by atoms with E-state index in [1.807, 2.05) is 6.07 Å². The molecule has 0 aliphatic heterocycles. The second-order valence-electron chi connectivity index (χ2n) is 4.47. The summed E-state index contributed by atoms with van der Waals surface area (Å²) in [7, 11) is -4.03. The van der Waals surface area contributed by atoms with E-state index in [9.17, 15) is 18.5 Å². The van der Waals surface area contributed by atoms with Crippen LogP contribution in [0.3, 0.4) is 0 Å². The van der Waals surface area contributed by atoms with E-state index in [1.54, 1.807) is 18.2 Å². The fourth-order valence-corrected chi connectivity index (χ4v) is 3.10. The van der Waals surface area contributed by atoms with Crippen molar-refractivity contribution in [2.24, 2.45) is 0 Å². The number of non-ortho nitro benzene ring substituents is 1. The molecule has 0 unspecified atom stereocenters. The molecule has 2 aromatic rings. The number of hydrogen-bond acceptors (Lipinski definition) is 6. The number of nitro groups is 1. The fourth-order valence-electron chi connectivity index (χ4n) is 1.77. The molecule has 0 atom stereocenters. The Morgan fingerprint density at radius 3 is 2.61 bits per heavy atom. The average molecular weight is 353 g/mol. The Morgan fingerprint density at radius 1 is 1.26 bits per heavy atom. The molecule has 0 heterocycles. The predicted molar refractivity (Wildman–Crippen MR) is 82.5 cm³/mol. The minimum atomic E-state index is -4.03. The van der Waals surface area contributed by atoms with Crippen LogP contribution in [0.1, 0.15) is 11.1 Å². The molecule has 2 aromatic carbocycles. The zero-order valence-corrected chi connectivity index (χ0v) is 13.0. The highest BCUT2D eigenvalue weighted by molar-refractivity contribution is 7.86. The summed E-state index contributed by atoms with van der Waals surface area (Å²) in [5, 5.41) is 19.2. The van der Waals surface area contributed by atoms with Crippen molar-refractivity contribution >= 4 is 27.4 Å². The van der Waals surface area contributed by atoms with E-state index in [4.69, 9.17) is 21.0 Å². The highest BCUT2D eigenvalue weighted by atomic mass is 35.5. The number of halogens is 1. The van der Waals surface area contributed by atoms with Gasteiger partial charge in [0.15, 0.2) is 5.75 Å². The van der Waals surface area contributed by atoms with Crippen LogP contribution in [0, 0.1) is 21.4 Å². The summed E-state index contributed by atoms with van der Waals surface area (Å²) in [6, 6.07) is 11.2. The Morgan fingerprint density at radius 2 is 2.00 bits per heavy atom. The Balaban J connectivity index is 2.21. The van der Waals surface area contributed by atoms with E-state index in [1.165, 1.54) is 6.07 Å². The van der Waals surface area contributed by atoms with Crippen LogP contribution in [0.4, 0.5) is 5.69 Å². The largest absolute Gasteiger partial charge is 0.381 e. The van der Waals surface area contributed by atoms with Gasteiger partial charge in [-0.15, -0.1) is 0 Å². The molecular weight excluding hydrogens is 344 g/mol. The molecule has 0 bridgehead atoms. The monoisotopic (exact) mass is 352 g/mol. The number of nitro benzene ring substituents is 1. The van der Waals surface area contributed by atoms with Crippen molar-refractivity contribution in [1.29, 1.82) is 5.26 Å². The number of benzene rings is 2. The number of rotatable bonds is 5. The van der Waals surface area contributed by atoms with Crippen molar-refractivity contribution in [3.8, 4) is 11.8 Å². The highest BCUT2D eigenvalue weighted by Crippen LogP contribution is 2.30. The molecule has 118 valence electrons. The smallest absolute Gasteiger partial charge is 0.313 e. The van der Waals surface area contributed by atoms with Crippen LogP contribution in [-0.2, 0) is 15.9 Å². The van der Waals surface area contributed by atoms with Crippen molar-refractivity contribution in [3.05, 3.63) is 68.7 Å². The molecule has 0 saturated carbocycles. The maximum absolute atomic E-state index is 12.0. The SMILES string of the molecule is N#Cc1cccc(CS(=O)(=O)Oc2ccc([N+](=O)[O-])cc2Cl)c1. The first-order chi connectivity index (χ1) is 10.8. The Bertz CT molecular complexity index is 906. The van der Waals surface area contributed by atoms with Gasteiger partial charge >= 0.3 is 10.1 Å². The lowest BCUT2D eigenvalue weighted by molar-refractivity contribution is -0.384. The summed E-state index contributed by atoms with van der Waals surface area (Å²) in [6.07, 6.45) is 0. The summed E-state index contributed by atoms with van der Waals surface area (Å²) in [6.45, 7) is 0. The lowest BCUT2D eigenvalue weighted by Gasteiger charge is -2.08. The molecule has 0 saturated heterocycles. The van der Waals surface area contributed by atoms with Crippen molar-refractivity contribution in [3.63, 3.8) is 0 Å². The topological polar surface area (TPSA) is 110 Å². The van der Waals surface area contributed by atoms with Crippen molar-refractivity contribution in [2.75, 3.05) is 0 Å². The Hall–Kier alpha value is -2.63. The maximum Gasteiger partial charge on any atom is 0.313 e. The van der Waals surface area contributed by atoms with Crippen LogP contribution in [0.25, 0.3) is 0 Å². The second kappa shape index (κ2) is 6.64. The molecule has 0 aromatic heterocycles. The molecule has 0 aliphatic carbocycles. The van der Waals surface area contributed by atoms with Crippen LogP contribution in [-0.4, -0.2) is 13.3 Å². The molecule has 23 heavy (non-hydrogen) atoms. The molecule has 0 fully saturated rings. The van der Waals surface area contributed by atoms with Gasteiger partial charge in [0.1, 0.15) is 5.75 Å². The lowest BCUT2D eigenvalue weighted by Crippen LogP contribution is -2.12. The third-order valence-corrected chi connectivity index (χ3v) is 4.16. The lowest BCUT2D eigenvalue weighted by atomic mass is 10.2. The summed E-state index contributed by atoms with van der Waals surface area (Å²) in [4.78, 5) is 9.96. The summed E-state index contributed by atoms with van der Waals surface area (Å²) in [5.41, 5.74) is 0.426. The molecule has 2 rings (SSSR count). The van der Waals surface area contributed by atoms with Crippen LogP contribution in [0.15, 0.2) is 42.5 Å². The minimum Gasteiger partial charge on any atom is -0.381 e. The van der Waals surface area contributed by atoms with E-state index < -0.39 is 20.8 Å². The summed E-state index contributed by atoms with van der Waals surface area (Å²) < 4.78 is 29.0. The van der Waals surface area contributed by atoms with Gasteiger partial charge < -0.3 is 4.18 Å². The van der Waals surface area contributed by atoms with Crippen molar-refractivity contribution in [2.45, 2.75) is 5.75 Å². The van der Waals surface area contributed by atoms with E-state index in [-0.39, 0.29) is 16.5 Å². The summed E-state index contributed by atoms with van der Waals surface area (Å²) >= 11 is 5.79. The van der Waals surface area contributed by atoms with Gasteiger partial charge in [-0.05, 0) is 23.8 Å². The zero-order chi connectivity index (χ0) is 17.0. The van der Waals surface area contributed by atoms with Gasteiger partial charge in [0.2, 0.25) is 0 Å². The first kappa shape index (κ1) is 16.7. The standard InChI is InChI=1S/C14H9ClN2O5S/c15-13-7-12(17(18)19)4-5-14(13)22-23(20,21)9-11-3-1-2-10(6-11)8-16/h1-7H,9H2. The number of hydrogen-bond donors (Lipinski definition) is 0. The van der Waals surface area contributed by atoms with Gasteiger partial charge in [-0.25, -0.2) is 0 Å². The Labute approximate surface area is 137 Å². The third kappa shape index (κ3) is 4.42. The van der Waals surface area contributed by atoms with Gasteiger partial charge in [-0.3, -0.25) is 10.1 Å². The molecule has 0 amide bonds. The van der Waals surface area contributed by atoms with E-state index in [2.05, 4.69) is 0 Å². The highest BCUT2D eigenvalue weighted by Gasteiger charge is 2.18. The molecular formula is C14H9ClN2O5S. The van der Waals surface area contributed by atoms with Crippen molar-refractivity contribution in [1.82, 2.24) is 0 Å². The van der Waals surface area contributed by atoms with Gasteiger partial charge in [0, 0.05) is 12.1 Å². The maximum atomic E-state index is 12.0.